The molecule has 0 unspecified atom stereocenters. The Kier molecular flexibility index (Phi) is 3.22. The number of ether oxygens (including phenoxy) is 2. The van der Waals surface area contributed by atoms with Crippen LogP contribution >= 0.6 is 0 Å². The summed E-state index contributed by atoms with van der Waals surface area (Å²) in [6, 6.07) is 11.4. The average Bonchev–Trinajstić information content (AvgIpc) is 3.02. The highest BCUT2D eigenvalue weighted by Crippen LogP contribution is 2.34. The second kappa shape index (κ2) is 5.37. The second-order valence-corrected chi connectivity index (χ2v) is 5.71. The zero-order valence-electron chi connectivity index (χ0n) is 12.2. The molecule has 1 aliphatic heterocycles. The predicted molar refractivity (Wildman–Crippen MR) is 83.6 cm³/mol. The van der Waals surface area contributed by atoms with E-state index >= 15 is 0 Å². The van der Waals surface area contributed by atoms with Crippen LogP contribution in [0.1, 0.15) is 34.3 Å². The van der Waals surface area contributed by atoms with Gasteiger partial charge in [-0.25, -0.2) is 0 Å². The Labute approximate surface area is 129 Å². The third-order valence-corrected chi connectivity index (χ3v) is 4.24. The first-order valence-electron chi connectivity index (χ1n) is 7.62. The molecule has 1 N–H and O–H groups in total. The Hall–Kier alpha value is -2.49. The molecule has 0 spiro atoms. The number of nitrogens with one attached hydrogen (secondary N) is 1. The van der Waals surface area contributed by atoms with E-state index < -0.39 is 0 Å². The predicted octanol–water partition coefficient (Wildman–Crippen LogP) is 3.55. The summed E-state index contributed by atoms with van der Waals surface area (Å²) in [6.07, 6.45) is 4.65. The Bertz CT molecular complexity index is 739. The summed E-state index contributed by atoms with van der Waals surface area (Å²) in [5.41, 5.74) is 4.11. The first-order chi connectivity index (χ1) is 10.8. The van der Waals surface area contributed by atoms with Crippen LogP contribution in [-0.2, 0) is 12.8 Å². The van der Waals surface area contributed by atoms with Crippen LogP contribution in [0.3, 0.4) is 0 Å². The molecule has 0 saturated carbocycles. The minimum Gasteiger partial charge on any atom is -0.454 e. The Morgan fingerprint density at radius 3 is 2.64 bits per heavy atom. The van der Waals surface area contributed by atoms with Crippen molar-refractivity contribution in [1.82, 2.24) is 0 Å². The number of aryl methyl sites for hydroxylation is 2. The van der Waals surface area contributed by atoms with Gasteiger partial charge in [-0.15, -0.1) is 0 Å². The SMILES string of the molecule is O=C(Nc1ccc2c(c1)OCO2)c1ccc2c(c1)CCCC2. The summed E-state index contributed by atoms with van der Waals surface area (Å²) in [4.78, 5) is 12.4. The third kappa shape index (κ3) is 2.41. The number of hydrogen-bond donors (Lipinski definition) is 1. The van der Waals surface area contributed by atoms with Crippen LogP contribution in [0, 0.1) is 0 Å². The third-order valence-electron chi connectivity index (χ3n) is 4.24. The molecule has 1 heterocycles. The Morgan fingerprint density at radius 1 is 0.909 bits per heavy atom. The first-order valence-corrected chi connectivity index (χ1v) is 7.62. The number of carbonyl (C=O) groups is 1. The molecule has 4 rings (SSSR count). The molecular formula is C18H17NO3. The number of anilines is 1. The van der Waals surface area contributed by atoms with E-state index in [1.54, 1.807) is 6.07 Å². The fourth-order valence-electron chi connectivity index (χ4n) is 3.05. The van der Waals surface area contributed by atoms with Crippen LogP contribution < -0.4 is 14.8 Å². The van der Waals surface area contributed by atoms with Crippen molar-refractivity contribution in [2.75, 3.05) is 12.1 Å². The fourth-order valence-corrected chi connectivity index (χ4v) is 3.05. The number of carbonyl (C=O) groups excluding carboxylic acids is 1. The highest BCUT2D eigenvalue weighted by Gasteiger charge is 2.16. The lowest BCUT2D eigenvalue weighted by Gasteiger charge is -2.16. The molecule has 22 heavy (non-hydrogen) atoms. The highest BCUT2D eigenvalue weighted by molar-refractivity contribution is 6.04. The lowest BCUT2D eigenvalue weighted by Crippen LogP contribution is -2.13. The number of rotatable bonds is 2. The van der Waals surface area contributed by atoms with Crippen molar-refractivity contribution >= 4 is 11.6 Å². The highest BCUT2D eigenvalue weighted by atomic mass is 16.7. The summed E-state index contributed by atoms with van der Waals surface area (Å²) in [5.74, 6) is 1.29. The van der Waals surface area contributed by atoms with E-state index in [0.717, 1.165) is 12.8 Å². The van der Waals surface area contributed by atoms with Gasteiger partial charge in [0, 0.05) is 17.3 Å². The molecule has 0 radical (unpaired) electrons. The molecule has 0 bridgehead atoms. The zero-order chi connectivity index (χ0) is 14.9. The molecule has 4 nitrogen and oxygen atoms in total. The normalized spacial score (nSPS) is 15.3. The summed E-state index contributed by atoms with van der Waals surface area (Å²) in [7, 11) is 0. The molecular weight excluding hydrogens is 278 g/mol. The monoisotopic (exact) mass is 295 g/mol. The van der Waals surface area contributed by atoms with Crippen LogP contribution in [-0.4, -0.2) is 12.7 Å². The van der Waals surface area contributed by atoms with Crippen molar-refractivity contribution in [3.8, 4) is 11.5 Å². The molecule has 0 saturated heterocycles. The maximum atomic E-state index is 12.4. The maximum Gasteiger partial charge on any atom is 0.255 e. The van der Waals surface area contributed by atoms with E-state index in [9.17, 15) is 4.79 Å². The van der Waals surface area contributed by atoms with Crippen LogP contribution in [0.2, 0.25) is 0 Å². The van der Waals surface area contributed by atoms with Crippen molar-refractivity contribution < 1.29 is 14.3 Å². The topological polar surface area (TPSA) is 47.6 Å². The second-order valence-electron chi connectivity index (χ2n) is 5.71. The van der Waals surface area contributed by atoms with Crippen molar-refractivity contribution in [1.29, 1.82) is 0 Å². The van der Waals surface area contributed by atoms with E-state index in [1.807, 2.05) is 24.3 Å². The number of hydrogen-bond acceptors (Lipinski definition) is 3. The number of amides is 1. The largest absolute Gasteiger partial charge is 0.454 e. The maximum absolute atomic E-state index is 12.4. The first kappa shape index (κ1) is 13.2. The van der Waals surface area contributed by atoms with Gasteiger partial charge >= 0.3 is 0 Å². The number of benzene rings is 2. The van der Waals surface area contributed by atoms with Gasteiger partial charge in [0.1, 0.15) is 0 Å². The summed E-state index contributed by atoms with van der Waals surface area (Å²) in [6.45, 7) is 0.234. The van der Waals surface area contributed by atoms with Crippen LogP contribution in [0.25, 0.3) is 0 Å². The average molecular weight is 295 g/mol. The summed E-state index contributed by atoms with van der Waals surface area (Å²) >= 11 is 0. The minimum absolute atomic E-state index is 0.0905. The molecule has 2 aliphatic rings. The smallest absolute Gasteiger partial charge is 0.255 e. The summed E-state index contributed by atoms with van der Waals surface area (Å²) in [5, 5.41) is 2.92. The van der Waals surface area contributed by atoms with Gasteiger partial charge in [0.2, 0.25) is 6.79 Å². The molecule has 0 atom stereocenters. The van der Waals surface area contributed by atoms with E-state index in [1.165, 1.54) is 24.0 Å². The zero-order valence-corrected chi connectivity index (χ0v) is 12.2. The molecule has 4 heteroatoms. The molecule has 1 aliphatic carbocycles. The molecule has 0 aromatic heterocycles. The van der Waals surface area contributed by atoms with Crippen LogP contribution in [0.5, 0.6) is 11.5 Å². The van der Waals surface area contributed by atoms with E-state index in [-0.39, 0.29) is 12.7 Å². The van der Waals surface area contributed by atoms with Gasteiger partial charge in [-0.1, -0.05) is 6.07 Å². The lowest BCUT2D eigenvalue weighted by atomic mass is 9.90. The van der Waals surface area contributed by atoms with E-state index in [0.29, 0.717) is 22.7 Å². The quantitative estimate of drug-likeness (QED) is 0.921. The fraction of sp³-hybridized carbons (Fsp3) is 0.278. The minimum atomic E-state index is -0.0905. The lowest BCUT2D eigenvalue weighted by molar-refractivity contribution is 0.102. The Morgan fingerprint density at radius 2 is 1.73 bits per heavy atom. The van der Waals surface area contributed by atoms with Crippen molar-refractivity contribution in [3.05, 3.63) is 53.1 Å². The van der Waals surface area contributed by atoms with Gasteiger partial charge in [-0.2, -0.15) is 0 Å². The van der Waals surface area contributed by atoms with E-state index in [4.69, 9.17) is 9.47 Å². The van der Waals surface area contributed by atoms with Gasteiger partial charge in [-0.3, -0.25) is 4.79 Å². The molecule has 1 amide bonds. The van der Waals surface area contributed by atoms with Gasteiger partial charge in [0.15, 0.2) is 11.5 Å². The standard InChI is InChI=1S/C18H17NO3/c20-18(14-6-5-12-3-1-2-4-13(12)9-14)19-15-7-8-16-17(10-15)22-11-21-16/h5-10H,1-4,11H2,(H,19,20). The molecule has 112 valence electrons. The van der Waals surface area contributed by atoms with Gasteiger partial charge in [-0.05, 0) is 61.1 Å². The van der Waals surface area contributed by atoms with Crippen molar-refractivity contribution in [2.24, 2.45) is 0 Å². The molecule has 2 aromatic rings. The van der Waals surface area contributed by atoms with Gasteiger partial charge in [0.05, 0.1) is 0 Å². The molecule has 2 aromatic carbocycles. The van der Waals surface area contributed by atoms with Crippen molar-refractivity contribution in [2.45, 2.75) is 25.7 Å². The van der Waals surface area contributed by atoms with Crippen LogP contribution in [0.4, 0.5) is 5.69 Å². The van der Waals surface area contributed by atoms with Crippen molar-refractivity contribution in [3.63, 3.8) is 0 Å². The number of fused-ring (bicyclic) bond motifs is 2. The van der Waals surface area contributed by atoms with Gasteiger partial charge in [0.25, 0.3) is 5.91 Å². The van der Waals surface area contributed by atoms with Gasteiger partial charge < -0.3 is 14.8 Å². The summed E-state index contributed by atoms with van der Waals surface area (Å²) < 4.78 is 10.6. The molecule has 0 fully saturated rings. The van der Waals surface area contributed by atoms with E-state index in [2.05, 4.69) is 11.4 Å². The van der Waals surface area contributed by atoms with Crippen LogP contribution in [0.15, 0.2) is 36.4 Å². The Balaban J connectivity index is 1.54.